The summed E-state index contributed by atoms with van der Waals surface area (Å²) < 4.78 is 0. The molecule has 0 amide bonds. The SMILES string of the molecule is [B]C1CC=CCC1. The first kappa shape index (κ1) is 4.95. The minimum Gasteiger partial charge on any atom is -0.0890 e. The van der Waals surface area contributed by atoms with Crippen LogP contribution in [0.4, 0.5) is 0 Å². The molecule has 1 heteroatoms. The van der Waals surface area contributed by atoms with Gasteiger partial charge in [0.2, 0.25) is 0 Å². The zero-order valence-corrected chi connectivity index (χ0v) is 4.43. The minimum atomic E-state index is 0.449. The number of allylic oxidation sites excluding steroid dienone is 2. The molecule has 0 aromatic rings. The lowest BCUT2D eigenvalue weighted by Crippen LogP contribution is -1.93. The molecule has 0 saturated carbocycles. The average molecular weight is 92.0 g/mol. The second-order valence-corrected chi connectivity index (χ2v) is 2.04. The first-order valence-corrected chi connectivity index (χ1v) is 2.80. The van der Waals surface area contributed by atoms with Crippen LogP contribution in [0.1, 0.15) is 19.3 Å². The molecule has 1 unspecified atom stereocenters. The number of hydrogen-bond acceptors (Lipinski definition) is 0. The molecule has 0 aromatic heterocycles. The van der Waals surface area contributed by atoms with Crippen LogP contribution in [0, 0.1) is 0 Å². The van der Waals surface area contributed by atoms with Crippen LogP contribution in [-0.2, 0) is 0 Å². The fraction of sp³-hybridized carbons (Fsp3) is 0.667. The summed E-state index contributed by atoms with van der Waals surface area (Å²) in [6.07, 6.45) is 7.80. The molecule has 0 spiro atoms. The van der Waals surface area contributed by atoms with Gasteiger partial charge in [-0.2, -0.15) is 0 Å². The van der Waals surface area contributed by atoms with Crippen molar-refractivity contribution in [2.45, 2.75) is 25.1 Å². The van der Waals surface area contributed by atoms with Crippen molar-refractivity contribution in [3.63, 3.8) is 0 Å². The molecule has 0 bridgehead atoms. The fourth-order valence-corrected chi connectivity index (χ4v) is 0.817. The predicted molar refractivity (Wildman–Crippen MR) is 32.5 cm³/mol. The molecule has 0 nitrogen and oxygen atoms in total. The van der Waals surface area contributed by atoms with Crippen molar-refractivity contribution in [3.05, 3.63) is 12.2 Å². The molecule has 2 radical (unpaired) electrons. The third-order valence-corrected chi connectivity index (χ3v) is 1.31. The molecule has 0 N–H and O–H groups in total. The molecule has 0 saturated heterocycles. The third-order valence-electron chi connectivity index (χ3n) is 1.31. The van der Waals surface area contributed by atoms with Gasteiger partial charge in [0, 0.05) is 0 Å². The summed E-state index contributed by atoms with van der Waals surface area (Å²) in [5.41, 5.74) is 0. The van der Waals surface area contributed by atoms with E-state index in [9.17, 15) is 0 Å². The van der Waals surface area contributed by atoms with Crippen LogP contribution in [0.5, 0.6) is 0 Å². The van der Waals surface area contributed by atoms with Gasteiger partial charge in [-0.05, 0) is 12.8 Å². The molecule has 0 aliphatic heterocycles. The zero-order chi connectivity index (χ0) is 5.11. The van der Waals surface area contributed by atoms with Crippen molar-refractivity contribution in [1.29, 1.82) is 0 Å². The molecule has 0 heterocycles. The molecule has 1 atom stereocenters. The minimum absolute atomic E-state index is 0.449. The monoisotopic (exact) mass is 92.1 g/mol. The highest BCUT2D eigenvalue weighted by Crippen LogP contribution is 2.18. The van der Waals surface area contributed by atoms with Crippen molar-refractivity contribution in [2.24, 2.45) is 0 Å². The van der Waals surface area contributed by atoms with E-state index in [4.69, 9.17) is 7.85 Å². The maximum absolute atomic E-state index is 5.58. The summed E-state index contributed by atoms with van der Waals surface area (Å²) in [7, 11) is 5.58. The van der Waals surface area contributed by atoms with E-state index >= 15 is 0 Å². The standard InChI is InChI=1S/C6H9B/c7-6-4-2-1-3-5-6/h1-2,6H,3-5H2. The van der Waals surface area contributed by atoms with Crippen molar-refractivity contribution in [3.8, 4) is 0 Å². The summed E-state index contributed by atoms with van der Waals surface area (Å²) in [6, 6.07) is 0. The summed E-state index contributed by atoms with van der Waals surface area (Å²) in [6.45, 7) is 0. The lowest BCUT2D eigenvalue weighted by Gasteiger charge is -2.10. The summed E-state index contributed by atoms with van der Waals surface area (Å²) in [5.74, 6) is 0.449. The predicted octanol–water partition coefficient (Wildman–Crippen LogP) is 1.68. The zero-order valence-electron chi connectivity index (χ0n) is 4.43. The van der Waals surface area contributed by atoms with E-state index < -0.39 is 0 Å². The van der Waals surface area contributed by atoms with E-state index in [0.717, 1.165) is 6.42 Å². The van der Waals surface area contributed by atoms with Gasteiger partial charge in [-0.25, -0.2) is 0 Å². The Bertz CT molecular complexity index is 76.2. The highest BCUT2D eigenvalue weighted by Gasteiger charge is 2.00. The second-order valence-electron chi connectivity index (χ2n) is 2.04. The summed E-state index contributed by atoms with van der Waals surface area (Å²) in [5, 5.41) is 0. The normalized spacial score (nSPS) is 30.6. The van der Waals surface area contributed by atoms with Crippen LogP contribution in [-0.4, -0.2) is 7.85 Å². The largest absolute Gasteiger partial charge is 0.0890 e. The number of hydrogen-bond donors (Lipinski definition) is 0. The molecule has 1 rings (SSSR count). The smallest absolute Gasteiger partial charge is 0.0703 e. The summed E-state index contributed by atoms with van der Waals surface area (Å²) >= 11 is 0. The van der Waals surface area contributed by atoms with E-state index in [0.29, 0.717) is 5.82 Å². The first-order valence-electron chi connectivity index (χ1n) is 2.80. The van der Waals surface area contributed by atoms with Crippen LogP contribution >= 0.6 is 0 Å². The van der Waals surface area contributed by atoms with Crippen LogP contribution in [0.15, 0.2) is 12.2 Å². The Morgan fingerprint density at radius 1 is 1.43 bits per heavy atom. The van der Waals surface area contributed by atoms with Crippen molar-refractivity contribution in [1.82, 2.24) is 0 Å². The topological polar surface area (TPSA) is 0 Å². The lowest BCUT2D eigenvalue weighted by atomic mass is 9.78. The van der Waals surface area contributed by atoms with E-state index in [-0.39, 0.29) is 0 Å². The molecular formula is C6H9B. The fourth-order valence-electron chi connectivity index (χ4n) is 0.817. The molecular weight excluding hydrogens is 82.9 g/mol. The van der Waals surface area contributed by atoms with Crippen molar-refractivity contribution >= 4 is 7.85 Å². The van der Waals surface area contributed by atoms with E-state index in [2.05, 4.69) is 12.2 Å². The van der Waals surface area contributed by atoms with Gasteiger partial charge in [0.05, 0.1) is 7.85 Å². The lowest BCUT2D eigenvalue weighted by molar-refractivity contribution is 0.728. The summed E-state index contributed by atoms with van der Waals surface area (Å²) in [4.78, 5) is 0. The van der Waals surface area contributed by atoms with Gasteiger partial charge < -0.3 is 0 Å². The van der Waals surface area contributed by atoms with Gasteiger partial charge in [-0.15, -0.1) is 0 Å². The first-order chi connectivity index (χ1) is 3.39. The highest BCUT2D eigenvalue weighted by atomic mass is 14.0. The highest BCUT2D eigenvalue weighted by molar-refractivity contribution is 6.11. The molecule has 0 aromatic carbocycles. The molecule has 1 aliphatic carbocycles. The van der Waals surface area contributed by atoms with Gasteiger partial charge in [0.1, 0.15) is 0 Å². The Morgan fingerprint density at radius 3 is 2.57 bits per heavy atom. The Morgan fingerprint density at radius 2 is 2.29 bits per heavy atom. The van der Waals surface area contributed by atoms with E-state index in [1.54, 1.807) is 0 Å². The van der Waals surface area contributed by atoms with Gasteiger partial charge in [-0.1, -0.05) is 24.4 Å². The van der Waals surface area contributed by atoms with Crippen LogP contribution in [0.3, 0.4) is 0 Å². The van der Waals surface area contributed by atoms with Crippen LogP contribution < -0.4 is 0 Å². The molecule has 1 aliphatic rings. The third kappa shape index (κ3) is 1.38. The quantitative estimate of drug-likeness (QED) is 0.315. The van der Waals surface area contributed by atoms with E-state index in [1.807, 2.05) is 0 Å². The molecule has 0 fully saturated rings. The van der Waals surface area contributed by atoms with Gasteiger partial charge in [-0.3, -0.25) is 0 Å². The Labute approximate surface area is 46.0 Å². The van der Waals surface area contributed by atoms with Crippen molar-refractivity contribution < 1.29 is 0 Å². The van der Waals surface area contributed by atoms with Gasteiger partial charge in [0.15, 0.2) is 0 Å². The number of rotatable bonds is 0. The maximum atomic E-state index is 5.58. The molecule has 7 heavy (non-hydrogen) atoms. The van der Waals surface area contributed by atoms with E-state index in [1.165, 1.54) is 12.8 Å². The van der Waals surface area contributed by atoms with Gasteiger partial charge >= 0.3 is 0 Å². The van der Waals surface area contributed by atoms with Crippen molar-refractivity contribution in [2.75, 3.05) is 0 Å². The Kier molecular flexibility index (Phi) is 1.56. The van der Waals surface area contributed by atoms with Crippen LogP contribution in [0.2, 0.25) is 5.82 Å². The maximum Gasteiger partial charge on any atom is 0.0703 e. The molecule has 36 valence electrons. The average Bonchev–Trinajstić information content (AvgIpc) is 1.69. The second kappa shape index (κ2) is 2.20. The van der Waals surface area contributed by atoms with Gasteiger partial charge in [0.25, 0.3) is 0 Å². The Balaban J connectivity index is 2.32. The van der Waals surface area contributed by atoms with Crippen LogP contribution in [0.25, 0.3) is 0 Å². The Hall–Kier alpha value is -0.195.